The quantitative estimate of drug-likeness (QED) is 0.351. The lowest BCUT2D eigenvalue weighted by Crippen LogP contribution is -2.39. The van der Waals surface area contributed by atoms with Gasteiger partial charge in [-0.25, -0.2) is 0 Å². The number of amides is 1. The molecule has 4 aromatic rings. The molecule has 0 spiro atoms. The molecule has 0 aliphatic rings. The normalized spacial score (nSPS) is 12.8. The maximum absolute atomic E-state index is 13.1. The van der Waals surface area contributed by atoms with E-state index < -0.39 is 12.0 Å². The summed E-state index contributed by atoms with van der Waals surface area (Å²) in [5.74, 6) is 0.152. The highest BCUT2D eigenvalue weighted by Crippen LogP contribution is 2.38. The number of phenolic OH excluding ortho intramolecular Hbond substituents is 1. The summed E-state index contributed by atoms with van der Waals surface area (Å²) in [5.41, 5.74) is 3.02. The summed E-state index contributed by atoms with van der Waals surface area (Å²) in [5, 5.41) is 24.7. The summed E-state index contributed by atoms with van der Waals surface area (Å²) >= 11 is 0. The van der Waals surface area contributed by atoms with E-state index in [0.717, 1.165) is 16.5 Å². The molecule has 0 saturated carbocycles. The first-order chi connectivity index (χ1) is 16.6. The van der Waals surface area contributed by atoms with E-state index in [9.17, 15) is 15.0 Å². The summed E-state index contributed by atoms with van der Waals surface area (Å²) in [4.78, 5) is 17.4. The molecule has 3 aromatic carbocycles. The summed E-state index contributed by atoms with van der Waals surface area (Å²) in [6, 6.07) is 24.2. The summed E-state index contributed by atoms with van der Waals surface area (Å²) in [7, 11) is 1.60. The number of hydrogen-bond acceptors (Lipinski definition) is 5. The van der Waals surface area contributed by atoms with Gasteiger partial charge in [0.1, 0.15) is 17.0 Å². The molecule has 0 aliphatic carbocycles. The number of aliphatic hydroxyl groups is 1. The Morgan fingerprint density at radius 3 is 2.47 bits per heavy atom. The zero-order valence-electron chi connectivity index (χ0n) is 19.0. The van der Waals surface area contributed by atoms with Crippen molar-refractivity contribution in [2.24, 2.45) is 0 Å². The number of nitrogens with zero attached hydrogens (tertiary/aromatic N) is 1. The third kappa shape index (κ3) is 5.35. The number of hydrogen-bond donors (Lipinski definition) is 3. The standard InChI is InChI=1S/C28H28N2O4/c1-34-23-12-9-20(10-13-23)25(24-14-11-21-8-5-15-29-27(21)28(24)33)17-26(32)30-22(18-31)16-19-6-3-2-4-7-19/h2-15,22,25,31,33H,16-18H2,1H3,(H,30,32). The Morgan fingerprint density at radius 1 is 1.00 bits per heavy atom. The monoisotopic (exact) mass is 456 g/mol. The van der Waals surface area contributed by atoms with E-state index in [1.165, 1.54) is 0 Å². The molecular formula is C28H28N2O4. The van der Waals surface area contributed by atoms with Gasteiger partial charge in [0.25, 0.3) is 0 Å². The van der Waals surface area contributed by atoms with Gasteiger partial charge in [0.2, 0.25) is 5.91 Å². The van der Waals surface area contributed by atoms with Crippen LogP contribution in [0, 0.1) is 0 Å². The minimum Gasteiger partial charge on any atom is -0.505 e. The predicted octanol–water partition coefficient (Wildman–Crippen LogP) is 4.19. The van der Waals surface area contributed by atoms with Crippen LogP contribution in [0.3, 0.4) is 0 Å². The Bertz CT molecular complexity index is 1240. The predicted molar refractivity (Wildman–Crippen MR) is 132 cm³/mol. The van der Waals surface area contributed by atoms with Crippen molar-refractivity contribution in [1.29, 1.82) is 0 Å². The number of benzene rings is 3. The number of carbonyl (C=O) groups is 1. The number of methoxy groups -OCH3 is 1. The minimum absolute atomic E-state index is 0.0645. The molecule has 0 bridgehead atoms. The van der Waals surface area contributed by atoms with Crippen LogP contribution in [0.5, 0.6) is 11.5 Å². The molecule has 4 rings (SSSR count). The van der Waals surface area contributed by atoms with Crippen LogP contribution in [-0.2, 0) is 11.2 Å². The molecule has 3 N–H and O–H groups in total. The van der Waals surface area contributed by atoms with Crippen LogP contribution >= 0.6 is 0 Å². The number of pyridine rings is 1. The molecule has 1 heterocycles. The lowest BCUT2D eigenvalue weighted by molar-refractivity contribution is -0.122. The highest BCUT2D eigenvalue weighted by Gasteiger charge is 2.24. The SMILES string of the molecule is COc1ccc(C(CC(=O)NC(CO)Cc2ccccc2)c2ccc3cccnc3c2O)cc1. The van der Waals surface area contributed by atoms with Crippen molar-refractivity contribution in [1.82, 2.24) is 10.3 Å². The van der Waals surface area contributed by atoms with E-state index in [1.54, 1.807) is 13.3 Å². The fraction of sp³-hybridized carbons (Fsp3) is 0.214. The minimum atomic E-state index is -0.409. The van der Waals surface area contributed by atoms with E-state index in [2.05, 4.69) is 10.3 Å². The van der Waals surface area contributed by atoms with Crippen LogP contribution in [0.2, 0.25) is 0 Å². The largest absolute Gasteiger partial charge is 0.505 e. The summed E-state index contributed by atoms with van der Waals surface area (Å²) < 4.78 is 5.27. The van der Waals surface area contributed by atoms with Crippen LogP contribution < -0.4 is 10.1 Å². The highest BCUT2D eigenvalue weighted by molar-refractivity contribution is 5.86. The average Bonchev–Trinajstić information content (AvgIpc) is 2.88. The Kier molecular flexibility index (Phi) is 7.40. The molecule has 2 atom stereocenters. The number of rotatable bonds is 9. The summed E-state index contributed by atoms with van der Waals surface area (Å²) in [6.07, 6.45) is 2.27. The van der Waals surface area contributed by atoms with Gasteiger partial charge in [0.15, 0.2) is 0 Å². The van der Waals surface area contributed by atoms with E-state index in [0.29, 0.717) is 23.3 Å². The van der Waals surface area contributed by atoms with Gasteiger partial charge in [-0.15, -0.1) is 0 Å². The first kappa shape index (κ1) is 23.3. The van der Waals surface area contributed by atoms with Crippen LogP contribution in [0.4, 0.5) is 0 Å². The zero-order valence-corrected chi connectivity index (χ0v) is 19.0. The fourth-order valence-corrected chi connectivity index (χ4v) is 4.20. The van der Waals surface area contributed by atoms with Crippen LogP contribution in [0.1, 0.15) is 29.0 Å². The number of ether oxygens (including phenoxy) is 1. The molecule has 174 valence electrons. The highest BCUT2D eigenvalue weighted by atomic mass is 16.5. The maximum atomic E-state index is 13.1. The number of phenols is 1. The van der Waals surface area contributed by atoms with E-state index in [1.807, 2.05) is 78.9 Å². The molecule has 0 fully saturated rings. The third-order valence-electron chi connectivity index (χ3n) is 5.97. The van der Waals surface area contributed by atoms with Crippen molar-refractivity contribution in [2.75, 3.05) is 13.7 Å². The second-order valence-corrected chi connectivity index (χ2v) is 8.25. The van der Waals surface area contributed by atoms with Gasteiger partial charge >= 0.3 is 0 Å². The molecule has 2 unspecified atom stereocenters. The second-order valence-electron chi connectivity index (χ2n) is 8.25. The van der Waals surface area contributed by atoms with Crippen LogP contribution in [0.25, 0.3) is 10.9 Å². The lowest BCUT2D eigenvalue weighted by Gasteiger charge is -2.22. The Morgan fingerprint density at radius 2 is 1.76 bits per heavy atom. The van der Waals surface area contributed by atoms with Crippen LogP contribution in [-0.4, -0.2) is 40.9 Å². The summed E-state index contributed by atoms with van der Waals surface area (Å²) in [6.45, 7) is -0.168. The van der Waals surface area contributed by atoms with Crippen molar-refractivity contribution in [3.8, 4) is 11.5 Å². The van der Waals surface area contributed by atoms with Crippen molar-refractivity contribution in [3.63, 3.8) is 0 Å². The number of aromatic hydroxyl groups is 1. The fourth-order valence-electron chi connectivity index (χ4n) is 4.20. The van der Waals surface area contributed by atoms with Gasteiger partial charge in [-0.05, 0) is 35.7 Å². The molecule has 0 radical (unpaired) electrons. The van der Waals surface area contributed by atoms with E-state index >= 15 is 0 Å². The molecule has 0 saturated heterocycles. The number of carbonyl (C=O) groups excluding carboxylic acids is 1. The van der Waals surface area contributed by atoms with Gasteiger partial charge in [0, 0.05) is 29.5 Å². The number of aliphatic hydroxyl groups excluding tert-OH is 1. The van der Waals surface area contributed by atoms with Gasteiger partial charge in [-0.3, -0.25) is 9.78 Å². The molecule has 0 aliphatic heterocycles. The third-order valence-corrected chi connectivity index (χ3v) is 5.97. The van der Waals surface area contributed by atoms with Crippen molar-refractivity contribution in [2.45, 2.75) is 24.8 Å². The molecule has 1 aromatic heterocycles. The molecule has 34 heavy (non-hydrogen) atoms. The van der Waals surface area contributed by atoms with E-state index in [-0.39, 0.29) is 24.7 Å². The number of nitrogens with one attached hydrogen (secondary N) is 1. The molecule has 6 nitrogen and oxygen atoms in total. The average molecular weight is 457 g/mol. The first-order valence-corrected chi connectivity index (χ1v) is 11.2. The lowest BCUT2D eigenvalue weighted by atomic mass is 9.86. The number of aromatic nitrogens is 1. The van der Waals surface area contributed by atoms with Gasteiger partial charge in [-0.1, -0.05) is 60.7 Å². The van der Waals surface area contributed by atoms with Gasteiger partial charge in [0.05, 0.1) is 19.8 Å². The zero-order chi connectivity index (χ0) is 23.9. The Labute approximate surface area is 198 Å². The van der Waals surface area contributed by atoms with Crippen LogP contribution in [0.15, 0.2) is 85.1 Å². The molecular weight excluding hydrogens is 428 g/mol. The number of fused-ring (bicyclic) bond motifs is 1. The molecule has 6 heteroatoms. The van der Waals surface area contributed by atoms with E-state index in [4.69, 9.17) is 4.74 Å². The first-order valence-electron chi connectivity index (χ1n) is 11.2. The maximum Gasteiger partial charge on any atom is 0.221 e. The van der Waals surface area contributed by atoms with Gasteiger partial charge in [-0.2, -0.15) is 0 Å². The second kappa shape index (κ2) is 10.8. The Balaban J connectivity index is 1.62. The topological polar surface area (TPSA) is 91.7 Å². The smallest absolute Gasteiger partial charge is 0.221 e. The van der Waals surface area contributed by atoms with Gasteiger partial charge < -0.3 is 20.3 Å². The van der Waals surface area contributed by atoms with Crippen molar-refractivity contribution in [3.05, 3.63) is 102 Å². The van der Waals surface area contributed by atoms with Crippen molar-refractivity contribution >= 4 is 16.8 Å². The Hall–Kier alpha value is -3.90. The van der Waals surface area contributed by atoms with Crippen molar-refractivity contribution < 1.29 is 19.7 Å². The molecule has 1 amide bonds.